The predicted molar refractivity (Wildman–Crippen MR) is 94.1 cm³/mol. The van der Waals surface area contributed by atoms with Crippen molar-refractivity contribution in [3.8, 4) is 0 Å². The van der Waals surface area contributed by atoms with Crippen LogP contribution >= 0.6 is 12.4 Å². The van der Waals surface area contributed by atoms with E-state index < -0.39 is 0 Å². The topological polar surface area (TPSA) is 44.8 Å². The van der Waals surface area contributed by atoms with Gasteiger partial charge in [-0.2, -0.15) is 0 Å². The molecule has 0 spiro atoms. The second-order valence-corrected chi connectivity index (χ2v) is 7.21. The van der Waals surface area contributed by atoms with Crippen LogP contribution in [0.1, 0.15) is 38.5 Å². The van der Waals surface area contributed by atoms with Gasteiger partial charge < -0.3 is 15.0 Å². The highest BCUT2D eigenvalue weighted by molar-refractivity contribution is 5.85. The molecule has 3 rings (SSSR count). The SMILES string of the molecule is COCCC1(C(=O)N2CCC(N3CCNCC3)C2)CCCC1.Cl. The number of likely N-dealkylation sites (tertiary alicyclic amines) is 1. The first-order chi connectivity index (χ1) is 10.7. The maximum Gasteiger partial charge on any atom is 0.228 e. The first kappa shape index (κ1) is 19.0. The number of nitrogens with one attached hydrogen (secondary N) is 1. The number of carbonyl (C=O) groups excluding carboxylic acids is 1. The Hall–Kier alpha value is -0.360. The van der Waals surface area contributed by atoms with Crippen molar-refractivity contribution >= 4 is 18.3 Å². The van der Waals surface area contributed by atoms with Crippen LogP contribution < -0.4 is 5.32 Å². The van der Waals surface area contributed by atoms with Crippen LogP contribution in [-0.4, -0.2) is 74.7 Å². The third-order valence-corrected chi connectivity index (χ3v) is 5.92. The van der Waals surface area contributed by atoms with E-state index in [0.29, 0.717) is 18.6 Å². The van der Waals surface area contributed by atoms with E-state index in [-0.39, 0.29) is 17.8 Å². The zero-order valence-corrected chi connectivity index (χ0v) is 15.2. The largest absolute Gasteiger partial charge is 0.385 e. The summed E-state index contributed by atoms with van der Waals surface area (Å²) in [6.45, 7) is 7.02. The zero-order chi connectivity index (χ0) is 15.4. The summed E-state index contributed by atoms with van der Waals surface area (Å²) in [7, 11) is 1.74. The molecule has 0 bridgehead atoms. The summed E-state index contributed by atoms with van der Waals surface area (Å²) in [5.41, 5.74) is -0.117. The lowest BCUT2D eigenvalue weighted by Crippen LogP contribution is -2.50. The Morgan fingerprint density at radius 2 is 1.91 bits per heavy atom. The molecule has 23 heavy (non-hydrogen) atoms. The maximum absolute atomic E-state index is 13.1. The first-order valence-electron chi connectivity index (χ1n) is 8.98. The van der Waals surface area contributed by atoms with Gasteiger partial charge in [0.05, 0.1) is 5.41 Å². The summed E-state index contributed by atoms with van der Waals surface area (Å²) in [5.74, 6) is 0.416. The van der Waals surface area contributed by atoms with Crippen LogP contribution in [0.25, 0.3) is 0 Å². The second-order valence-electron chi connectivity index (χ2n) is 7.21. The van der Waals surface area contributed by atoms with E-state index in [1.165, 1.54) is 12.8 Å². The number of amides is 1. The molecule has 1 unspecified atom stereocenters. The fourth-order valence-electron chi connectivity index (χ4n) is 4.53. The molecule has 1 saturated carbocycles. The molecule has 0 aromatic heterocycles. The lowest BCUT2D eigenvalue weighted by molar-refractivity contribution is -0.142. The first-order valence-corrected chi connectivity index (χ1v) is 8.98. The Morgan fingerprint density at radius 3 is 2.57 bits per heavy atom. The van der Waals surface area contributed by atoms with Gasteiger partial charge in [-0.1, -0.05) is 12.8 Å². The molecular formula is C17H32ClN3O2. The van der Waals surface area contributed by atoms with E-state index in [0.717, 1.165) is 65.0 Å². The lowest BCUT2D eigenvalue weighted by Gasteiger charge is -2.34. The molecule has 6 heteroatoms. The van der Waals surface area contributed by atoms with Crippen LogP contribution in [0.3, 0.4) is 0 Å². The minimum absolute atomic E-state index is 0. The smallest absolute Gasteiger partial charge is 0.228 e. The van der Waals surface area contributed by atoms with Crippen LogP contribution in [-0.2, 0) is 9.53 Å². The Kier molecular flexibility index (Phi) is 7.14. The number of nitrogens with zero attached hydrogens (tertiary/aromatic N) is 2. The molecule has 2 aliphatic heterocycles. The van der Waals surface area contributed by atoms with E-state index in [9.17, 15) is 4.79 Å². The van der Waals surface area contributed by atoms with Gasteiger partial charge >= 0.3 is 0 Å². The Bertz CT molecular complexity index is 382. The third-order valence-electron chi connectivity index (χ3n) is 5.92. The molecule has 0 radical (unpaired) electrons. The van der Waals surface area contributed by atoms with E-state index >= 15 is 0 Å². The standard InChI is InChI=1S/C17H31N3O2.ClH/c1-22-13-7-17(5-2-3-6-17)16(21)20-10-4-15(14-20)19-11-8-18-9-12-19;/h15,18H,2-14H2,1H3;1H. The van der Waals surface area contributed by atoms with E-state index in [1.807, 2.05) is 0 Å². The Balaban J connectivity index is 0.00000192. The fraction of sp³-hybridized carbons (Fsp3) is 0.941. The van der Waals surface area contributed by atoms with Crippen molar-refractivity contribution in [1.82, 2.24) is 15.1 Å². The Labute approximate surface area is 146 Å². The van der Waals surface area contributed by atoms with Crippen LogP contribution in [0, 0.1) is 5.41 Å². The number of hydrogen-bond donors (Lipinski definition) is 1. The highest BCUT2D eigenvalue weighted by Gasteiger charge is 2.45. The molecule has 1 atom stereocenters. The molecule has 3 fully saturated rings. The highest BCUT2D eigenvalue weighted by atomic mass is 35.5. The van der Waals surface area contributed by atoms with Crippen LogP contribution in [0.5, 0.6) is 0 Å². The van der Waals surface area contributed by atoms with E-state index in [4.69, 9.17) is 4.74 Å². The van der Waals surface area contributed by atoms with Crippen LogP contribution in [0.2, 0.25) is 0 Å². The normalized spacial score (nSPS) is 27.9. The zero-order valence-electron chi connectivity index (χ0n) is 14.4. The lowest BCUT2D eigenvalue weighted by atomic mass is 9.81. The van der Waals surface area contributed by atoms with E-state index in [1.54, 1.807) is 7.11 Å². The molecule has 0 aromatic rings. The number of ether oxygens (including phenoxy) is 1. The van der Waals surface area contributed by atoms with Gasteiger partial charge in [0.2, 0.25) is 5.91 Å². The molecule has 1 amide bonds. The summed E-state index contributed by atoms with van der Waals surface area (Å²) >= 11 is 0. The van der Waals surface area contributed by atoms with Gasteiger partial charge in [-0.15, -0.1) is 12.4 Å². The third kappa shape index (κ3) is 4.19. The van der Waals surface area contributed by atoms with Crippen molar-refractivity contribution in [2.24, 2.45) is 5.41 Å². The summed E-state index contributed by atoms with van der Waals surface area (Å²) in [5, 5.41) is 3.41. The number of piperazine rings is 1. The van der Waals surface area contributed by atoms with Crippen molar-refractivity contribution in [1.29, 1.82) is 0 Å². The number of methoxy groups -OCH3 is 1. The molecular weight excluding hydrogens is 314 g/mol. The number of rotatable bonds is 5. The number of hydrogen-bond acceptors (Lipinski definition) is 4. The molecule has 1 aliphatic carbocycles. The molecule has 1 N–H and O–H groups in total. The van der Waals surface area contributed by atoms with Gasteiger partial charge in [-0.3, -0.25) is 9.69 Å². The van der Waals surface area contributed by atoms with Gasteiger partial charge in [-0.25, -0.2) is 0 Å². The molecule has 2 heterocycles. The van der Waals surface area contributed by atoms with Crippen molar-refractivity contribution < 1.29 is 9.53 Å². The fourth-order valence-corrected chi connectivity index (χ4v) is 4.53. The highest BCUT2D eigenvalue weighted by Crippen LogP contribution is 2.43. The van der Waals surface area contributed by atoms with Gasteiger partial charge in [0.15, 0.2) is 0 Å². The van der Waals surface area contributed by atoms with Gasteiger partial charge in [0.25, 0.3) is 0 Å². The van der Waals surface area contributed by atoms with E-state index in [2.05, 4.69) is 15.1 Å². The second kappa shape index (κ2) is 8.65. The van der Waals surface area contributed by atoms with Crippen molar-refractivity contribution in [2.75, 3.05) is 53.0 Å². The van der Waals surface area contributed by atoms with Gasteiger partial charge in [-0.05, 0) is 25.7 Å². The van der Waals surface area contributed by atoms with Crippen molar-refractivity contribution in [2.45, 2.75) is 44.6 Å². The van der Waals surface area contributed by atoms with Gasteiger partial charge in [0, 0.05) is 59.0 Å². The average molecular weight is 346 g/mol. The summed E-state index contributed by atoms with van der Waals surface area (Å²) in [4.78, 5) is 17.9. The monoisotopic (exact) mass is 345 g/mol. The van der Waals surface area contributed by atoms with Crippen molar-refractivity contribution in [3.05, 3.63) is 0 Å². The summed E-state index contributed by atoms with van der Waals surface area (Å²) in [6.07, 6.45) is 6.56. The van der Waals surface area contributed by atoms with Gasteiger partial charge in [0.1, 0.15) is 0 Å². The number of halogens is 1. The molecule has 0 aromatic carbocycles. The quantitative estimate of drug-likeness (QED) is 0.820. The Morgan fingerprint density at radius 1 is 1.22 bits per heavy atom. The predicted octanol–water partition coefficient (Wildman–Crippen LogP) is 1.51. The van der Waals surface area contributed by atoms with Crippen LogP contribution in [0.4, 0.5) is 0 Å². The minimum Gasteiger partial charge on any atom is -0.385 e. The number of carbonyl (C=O) groups is 1. The molecule has 5 nitrogen and oxygen atoms in total. The summed E-state index contributed by atoms with van der Waals surface area (Å²) in [6, 6.07) is 0.576. The molecule has 2 saturated heterocycles. The average Bonchev–Trinajstić information content (AvgIpc) is 3.23. The van der Waals surface area contributed by atoms with Crippen LogP contribution in [0.15, 0.2) is 0 Å². The maximum atomic E-state index is 13.1. The summed E-state index contributed by atoms with van der Waals surface area (Å²) < 4.78 is 5.27. The minimum atomic E-state index is -0.117. The molecule has 134 valence electrons. The van der Waals surface area contributed by atoms with Crippen molar-refractivity contribution in [3.63, 3.8) is 0 Å². The molecule has 3 aliphatic rings.